The van der Waals surface area contributed by atoms with E-state index in [1.165, 1.54) is 18.1 Å². The Bertz CT molecular complexity index is 1240. The van der Waals surface area contributed by atoms with Crippen molar-refractivity contribution in [3.05, 3.63) is 72.3 Å². The third-order valence-electron chi connectivity index (χ3n) is 5.67. The molecule has 0 saturated carbocycles. The lowest BCUT2D eigenvalue weighted by Crippen LogP contribution is -2.52. The van der Waals surface area contributed by atoms with Gasteiger partial charge in [0.15, 0.2) is 17.6 Å². The number of aliphatic hydroxyl groups is 1. The molecule has 1 unspecified atom stereocenters. The SMILES string of the molecule is COc1ccccc1OC(=O)C(O)CN(CC(C)C)C(=O)N[C@@H](Cc1ccc2ccccc2c1)C(=O)O. The van der Waals surface area contributed by atoms with Gasteiger partial charge < -0.3 is 29.9 Å². The maximum atomic E-state index is 13.1. The molecule has 3 aromatic rings. The van der Waals surface area contributed by atoms with Crippen molar-refractivity contribution in [1.82, 2.24) is 10.2 Å². The molecule has 2 amide bonds. The first-order chi connectivity index (χ1) is 17.7. The van der Waals surface area contributed by atoms with Crippen molar-refractivity contribution < 1.29 is 34.1 Å². The maximum absolute atomic E-state index is 13.1. The molecule has 0 fully saturated rings. The zero-order valence-electron chi connectivity index (χ0n) is 21.1. The number of carbonyl (C=O) groups excluding carboxylic acids is 2. The fourth-order valence-corrected chi connectivity index (χ4v) is 3.89. The first-order valence-corrected chi connectivity index (χ1v) is 12.0. The lowest BCUT2D eigenvalue weighted by Gasteiger charge is -2.28. The van der Waals surface area contributed by atoms with Gasteiger partial charge in [-0.25, -0.2) is 14.4 Å². The quantitative estimate of drug-likeness (QED) is 0.267. The number of aliphatic hydroxyl groups excluding tert-OH is 1. The fourth-order valence-electron chi connectivity index (χ4n) is 3.89. The van der Waals surface area contributed by atoms with Crippen LogP contribution in [0.1, 0.15) is 19.4 Å². The highest BCUT2D eigenvalue weighted by Gasteiger charge is 2.28. The third kappa shape index (κ3) is 7.68. The number of hydrogen-bond donors (Lipinski definition) is 3. The van der Waals surface area contributed by atoms with E-state index in [9.17, 15) is 24.6 Å². The number of esters is 1. The van der Waals surface area contributed by atoms with Gasteiger partial charge in [0.2, 0.25) is 0 Å². The number of ether oxygens (including phenoxy) is 2. The summed E-state index contributed by atoms with van der Waals surface area (Å²) in [6.07, 6.45) is -1.59. The number of hydrogen-bond acceptors (Lipinski definition) is 6. The summed E-state index contributed by atoms with van der Waals surface area (Å²) < 4.78 is 10.4. The van der Waals surface area contributed by atoms with E-state index in [4.69, 9.17) is 9.47 Å². The summed E-state index contributed by atoms with van der Waals surface area (Å²) in [7, 11) is 1.43. The maximum Gasteiger partial charge on any atom is 0.342 e. The summed E-state index contributed by atoms with van der Waals surface area (Å²) in [5.41, 5.74) is 0.752. The van der Waals surface area contributed by atoms with E-state index in [2.05, 4.69) is 5.32 Å². The Balaban J connectivity index is 1.69. The molecule has 3 aromatic carbocycles. The molecule has 0 bridgehead atoms. The van der Waals surface area contributed by atoms with Crippen LogP contribution in [0.2, 0.25) is 0 Å². The van der Waals surface area contributed by atoms with Crippen LogP contribution in [-0.2, 0) is 16.0 Å². The van der Waals surface area contributed by atoms with Gasteiger partial charge in [-0.3, -0.25) is 0 Å². The highest BCUT2D eigenvalue weighted by molar-refractivity contribution is 5.85. The Labute approximate surface area is 215 Å². The van der Waals surface area contributed by atoms with Gasteiger partial charge in [0, 0.05) is 13.0 Å². The standard InChI is InChI=1S/C28H32N2O7/c1-18(2)16-30(17-23(31)27(34)37-25-11-7-6-10-24(25)36-3)28(35)29-22(26(32)33)15-19-12-13-20-8-4-5-9-21(20)14-19/h4-14,18,22-23,31H,15-17H2,1-3H3,(H,29,35)(H,32,33)/t22-,23?/m0/s1. The van der Waals surface area contributed by atoms with E-state index in [0.717, 1.165) is 16.3 Å². The van der Waals surface area contributed by atoms with Crippen LogP contribution >= 0.6 is 0 Å². The highest BCUT2D eigenvalue weighted by atomic mass is 16.6. The summed E-state index contributed by atoms with van der Waals surface area (Å²) in [6, 6.07) is 17.9. The number of benzene rings is 3. The summed E-state index contributed by atoms with van der Waals surface area (Å²) in [4.78, 5) is 38.8. The van der Waals surface area contributed by atoms with Crippen LogP contribution < -0.4 is 14.8 Å². The Morgan fingerprint density at radius 1 is 0.919 bits per heavy atom. The van der Waals surface area contributed by atoms with Crippen LogP contribution in [0, 0.1) is 5.92 Å². The van der Waals surface area contributed by atoms with Crippen molar-refractivity contribution in [3.63, 3.8) is 0 Å². The van der Waals surface area contributed by atoms with Crippen molar-refractivity contribution in [2.75, 3.05) is 20.2 Å². The zero-order chi connectivity index (χ0) is 26.9. The summed E-state index contributed by atoms with van der Waals surface area (Å²) in [6.45, 7) is 3.54. The summed E-state index contributed by atoms with van der Waals surface area (Å²) >= 11 is 0. The van der Waals surface area contributed by atoms with Gasteiger partial charge in [-0.2, -0.15) is 0 Å². The summed E-state index contributed by atoms with van der Waals surface area (Å²) in [5.74, 6) is -1.71. The molecule has 196 valence electrons. The molecular weight excluding hydrogens is 476 g/mol. The van der Waals surface area contributed by atoms with Crippen LogP contribution in [0.5, 0.6) is 11.5 Å². The average molecular weight is 509 g/mol. The van der Waals surface area contributed by atoms with E-state index >= 15 is 0 Å². The number of nitrogens with zero attached hydrogens (tertiary/aromatic N) is 1. The monoisotopic (exact) mass is 508 g/mol. The molecule has 0 saturated heterocycles. The largest absolute Gasteiger partial charge is 0.493 e. The van der Waals surface area contributed by atoms with E-state index in [-0.39, 0.29) is 31.2 Å². The Morgan fingerprint density at radius 3 is 2.22 bits per heavy atom. The molecule has 9 nitrogen and oxygen atoms in total. The minimum atomic E-state index is -1.65. The molecular formula is C28H32N2O7. The highest BCUT2D eigenvalue weighted by Crippen LogP contribution is 2.26. The number of nitrogens with one attached hydrogen (secondary N) is 1. The van der Waals surface area contributed by atoms with Crippen molar-refractivity contribution in [1.29, 1.82) is 0 Å². The number of urea groups is 1. The van der Waals surface area contributed by atoms with E-state index in [1.807, 2.05) is 56.3 Å². The molecule has 37 heavy (non-hydrogen) atoms. The van der Waals surface area contributed by atoms with Gasteiger partial charge >= 0.3 is 18.0 Å². The number of carboxylic acid groups (broad SMARTS) is 1. The van der Waals surface area contributed by atoms with Gasteiger partial charge in [0.1, 0.15) is 6.04 Å². The molecule has 0 spiro atoms. The van der Waals surface area contributed by atoms with Crippen LogP contribution in [-0.4, -0.2) is 65.4 Å². The van der Waals surface area contributed by atoms with Gasteiger partial charge in [-0.05, 0) is 34.4 Å². The topological polar surface area (TPSA) is 125 Å². The molecule has 0 heterocycles. The van der Waals surface area contributed by atoms with Gasteiger partial charge in [0.05, 0.1) is 13.7 Å². The predicted molar refractivity (Wildman–Crippen MR) is 139 cm³/mol. The van der Waals surface area contributed by atoms with Crippen molar-refractivity contribution in [2.24, 2.45) is 5.92 Å². The van der Waals surface area contributed by atoms with Gasteiger partial charge in [-0.15, -0.1) is 0 Å². The Kier molecular flexibility index (Phi) is 9.45. The second-order valence-electron chi connectivity index (χ2n) is 9.11. The number of fused-ring (bicyclic) bond motifs is 1. The molecule has 0 aliphatic carbocycles. The predicted octanol–water partition coefficient (Wildman–Crippen LogP) is 3.48. The molecule has 2 atom stereocenters. The Morgan fingerprint density at radius 2 is 1.57 bits per heavy atom. The number of para-hydroxylation sites is 2. The van der Waals surface area contributed by atoms with E-state index in [1.54, 1.807) is 18.2 Å². The minimum Gasteiger partial charge on any atom is -0.493 e. The Hall–Kier alpha value is -4.11. The van der Waals surface area contributed by atoms with Crippen molar-refractivity contribution >= 4 is 28.7 Å². The molecule has 0 aliphatic heterocycles. The smallest absolute Gasteiger partial charge is 0.342 e. The fraction of sp³-hybridized carbons (Fsp3) is 0.321. The van der Waals surface area contributed by atoms with Crippen LogP contribution in [0.4, 0.5) is 4.79 Å². The second kappa shape index (κ2) is 12.7. The average Bonchev–Trinajstić information content (AvgIpc) is 2.87. The van der Waals surface area contributed by atoms with Crippen molar-refractivity contribution in [3.8, 4) is 11.5 Å². The third-order valence-corrected chi connectivity index (χ3v) is 5.67. The van der Waals surface area contributed by atoms with Crippen LogP contribution in [0.15, 0.2) is 66.7 Å². The minimum absolute atomic E-state index is 0.00745. The molecule has 3 N–H and O–H groups in total. The van der Waals surface area contributed by atoms with Gasteiger partial charge in [0.25, 0.3) is 0 Å². The van der Waals surface area contributed by atoms with E-state index < -0.39 is 30.1 Å². The second-order valence-corrected chi connectivity index (χ2v) is 9.11. The normalized spacial score (nSPS) is 12.6. The molecule has 0 aliphatic rings. The number of aliphatic carboxylic acids is 1. The first-order valence-electron chi connectivity index (χ1n) is 12.0. The lowest BCUT2D eigenvalue weighted by molar-refractivity contribution is -0.144. The first kappa shape index (κ1) is 27.5. The lowest BCUT2D eigenvalue weighted by atomic mass is 10.0. The molecule has 0 aromatic heterocycles. The summed E-state index contributed by atoms with van der Waals surface area (Å²) in [5, 5.41) is 24.8. The van der Waals surface area contributed by atoms with Crippen LogP contribution in [0.3, 0.4) is 0 Å². The zero-order valence-corrected chi connectivity index (χ0v) is 21.1. The van der Waals surface area contributed by atoms with Crippen molar-refractivity contribution in [2.45, 2.75) is 32.4 Å². The number of methoxy groups -OCH3 is 1. The van der Waals surface area contributed by atoms with Crippen LogP contribution in [0.25, 0.3) is 10.8 Å². The number of carbonyl (C=O) groups is 3. The molecule has 9 heteroatoms. The number of carboxylic acids is 1. The molecule has 0 radical (unpaired) electrons. The number of amides is 2. The number of rotatable bonds is 11. The molecule has 3 rings (SSSR count). The van der Waals surface area contributed by atoms with E-state index in [0.29, 0.717) is 5.75 Å². The van der Waals surface area contributed by atoms with Gasteiger partial charge in [-0.1, -0.05) is 68.4 Å².